The number of aliphatic hydroxyl groups excluding tert-OH is 1. The smallest absolute Gasteiger partial charge is 0.247 e. The molecule has 2 aromatic rings. The van der Waals surface area contributed by atoms with Crippen LogP contribution in [0.15, 0.2) is 79.9 Å². The fourth-order valence-electron chi connectivity index (χ4n) is 7.71. The van der Waals surface area contributed by atoms with Gasteiger partial charge in [-0.05, 0) is 56.0 Å². The van der Waals surface area contributed by atoms with Crippen LogP contribution in [0, 0.1) is 11.8 Å². The first-order chi connectivity index (χ1) is 22.4. The van der Waals surface area contributed by atoms with E-state index in [9.17, 15) is 19.5 Å². The van der Waals surface area contributed by atoms with E-state index in [0.717, 1.165) is 31.2 Å². The number of carbonyl (C=O) groups excluding carboxylic acids is 3. The molecule has 5 rings (SSSR count). The number of rotatable bonds is 16. The molecule has 0 saturated carbocycles. The summed E-state index contributed by atoms with van der Waals surface area (Å²) in [7, 11) is 0. The van der Waals surface area contributed by atoms with Crippen molar-refractivity contribution in [1.82, 2.24) is 9.80 Å². The topological polar surface area (TPSA) is 90.4 Å². The average Bonchev–Trinajstić information content (AvgIpc) is 3.72. The van der Waals surface area contributed by atoms with Crippen molar-refractivity contribution in [2.45, 2.75) is 68.0 Å². The van der Waals surface area contributed by atoms with Crippen LogP contribution in [0.2, 0.25) is 0 Å². The molecular formula is C37H47N3O5S. The van der Waals surface area contributed by atoms with Crippen molar-refractivity contribution < 1.29 is 24.2 Å². The summed E-state index contributed by atoms with van der Waals surface area (Å²) in [6, 6.07) is 15.3. The monoisotopic (exact) mass is 645 g/mol. The summed E-state index contributed by atoms with van der Waals surface area (Å²) in [6.45, 7) is 13.3. The molecule has 3 fully saturated rings. The lowest BCUT2D eigenvalue weighted by molar-refractivity contribution is -0.145. The number of fused-ring (bicyclic) bond motifs is 1. The first-order valence-electron chi connectivity index (χ1n) is 16.6. The number of likely N-dealkylation sites (tertiary alicyclic amines) is 1. The van der Waals surface area contributed by atoms with E-state index in [0.29, 0.717) is 37.6 Å². The molecule has 3 aliphatic heterocycles. The molecule has 2 aromatic carbocycles. The Morgan fingerprint density at radius 2 is 1.78 bits per heavy atom. The second-order valence-electron chi connectivity index (χ2n) is 12.4. The molecule has 246 valence electrons. The lowest BCUT2D eigenvalue weighted by Crippen LogP contribution is -2.56. The highest BCUT2D eigenvalue weighted by Crippen LogP contribution is 2.67. The zero-order valence-corrected chi connectivity index (χ0v) is 27.9. The summed E-state index contributed by atoms with van der Waals surface area (Å²) in [4.78, 5) is 49.4. The number of ether oxygens (including phenoxy) is 1. The number of unbranched alkanes of at least 4 members (excludes halogenated alkanes) is 2. The second kappa shape index (κ2) is 14.9. The highest BCUT2D eigenvalue weighted by molar-refractivity contribution is 8.02. The zero-order valence-electron chi connectivity index (χ0n) is 27.1. The van der Waals surface area contributed by atoms with Gasteiger partial charge in [0.05, 0.1) is 35.8 Å². The van der Waals surface area contributed by atoms with Gasteiger partial charge in [0, 0.05) is 30.6 Å². The second-order valence-corrected chi connectivity index (χ2v) is 14.0. The average molecular weight is 646 g/mol. The minimum atomic E-state index is -0.810. The Bertz CT molecular complexity index is 1400. The summed E-state index contributed by atoms with van der Waals surface area (Å²) in [5.41, 5.74) is 1.47. The minimum Gasteiger partial charge on any atom is -0.494 e. The molecule has 1 spiro atoms. The van der Waals surface area contributed by atoms with Crippen LogP contribution in [0.5, 0.6) is 5.75 Å². The van der Waals surface area contributed by atoms with E-state index in [-0.39, 0.29) is 36.1 Å². The Morgan fingerprint density at radius 1 is 1.07 bits per heavy atom. The Morgan fingerprint density at radius 3 is 2.41 bits per heavy atom. The quantitative estimate of drug-likeness (QED) is 0.188. The number of thioether (sulfide) groups is 1. The van der Waals surface area contributed by atoms with Gasteiger partial charge in [-0.1, -0.05) is 62.2 Å². The predicted molar refractivity (Wildman–Crippen MR) is 184 cm³/mol. The molecule has 1 N–H and O–H groups in total. The van der Waals surface area contributed by atoms with Gasteiger partial charge in [-0.15, -0.1) is 24.9 Å². The Balaban J connectivity index is 1.56. The molecule has 3 saturated heterocycles. The van der Waals surface area contributed by atoms with E-state index < -0.39 is 28.7 Å². The van der Waals surface area contributed by atoms with Crippen LogP contribution in [-0.4, -0.2) is 81.5 Å². The van der Waals surface area contributed by atoms with E-state index in [4.69, 9.17) is 4.74 Å². The van der Waals surface area contributed by atoms with Crippen LogP contribution in [0.1, 0.15) is 57.6 Å². The number of nitrogens with zero attached hydrogens (tertiary/aromatic N) is 3. The van der Waals surface area contributed by atoms with E-state index in [1.807, 2.05) is 66.4 Å². The Hall–Kier alpha value is -3.56. The Kier molecular flexibility index (Phi) is 10.9. The van der Waals surface area contributed by atoms with E-state index >= 15 is 0 Å². The van der Waals surface area contributed by atoms with E-state index in [2.05, 4.69) is 20.1 Å². The minimum absolute atomic E-state index is 0.0915. The number of benzene rings is 2. The molecule has 0 aliphatic carbocycles. The standard InChI is InChI=1S/C37H47N3O5S/c1-5-9-13-24-38(22-6-2)36(44)33-37-21-20-30(46-37)31(32(37)35(43)40(33)29(25-41)26-14-11-10-12-15-26)34(42)39(23-7-3)27-16-18-28(19-17-27)45-8-4/h6-7,10-12,14-19,29-33,41H,2-3,5,8-9,13,20-25H2,1,4H3/t29-,30-,31+,32+,33?,37?/m1/s1. The lowest BCUT2D eigenvalue weighted by Gasteiger charge is -2.40. The zero-order chi connectivity index (χ0) is 32.8. The molecule has 0 aromatic heterocycles. The molecule has 8 nitrogen and oxygen atoms in total. The van der Waals surface area contributed by atoms with E-state index in [1.54, 1.807) is 33.7 Å². The van der Waals surface area contributed by atoms with Crippen LogP contribution in [0.3, 0.4) is 0 Å². The van der Waals surface area contributed by atoms with Gasteiger partial charge in [0.1, 0.15) is 11.8 Å². The molecule has 2 unspecified atom stereocenters. The van der Waals surface area contributed by atoms with Crippen molar-refractivity contribution in [3.63, 3.8) is 0 Å². The molecule has 3 heterocycles. The number of carbonyl (C=O) groups is 3. The summed E-state index contributed by atoms with van der Waals surface area (Å²) in [5.74, 6) is -1.08. The van der Waals surface area contributed by atoms with Crippen molar-refractivity contribution in [3.8, 4) is 5.75 Å². The molecule has 9 heteroatoms. The molecule has 3 amide bonds. The maximum Gasteiger partial charge on any atom is 0.247 e. The number of aliphatic hydroxyl groups is 1. The highest BCUT2D eigenvalue weighted by Gasteiger charge is 2.74. The van der Waals surface area contributed by atoms with E-state index in [1.165, 1.54) is 0 Å². The van der Waals surface area contributed by atoms with Gasteiger partial charge >= 0.3 is 0 Å². The van der Waals surface area contributed by atoms with Gasteiger partial charge in [-0.2, -0.15) is 0 Å². The van der Waals surface area contributed by atoms with Gasteiger partial charge in [0.2, 0.25) is 17.7 Å². The highest BCUT2D eigenvalue weighted by atomic mass is 32.2. The molecule has 0 radical (unpaired) electrons. The maximum atomic E-state index is 14.9. The largest absolute Gasteiger partial charge is 0.494 e. The summed E-state index contributed by atoms with van der Waals surface area (Å²) >= 11 is 1.65. The van der Waals surface area contributed by atoms with Crippen LogP contribution >= 0.6 is 11.8 Å². The summed E-state index contributed by atoms with van der Waals surface area (Å²) in [6.07, 6.45) is 7.68. The lowest BCUT2D eigenvalue weighted by atomic mass is 9.70. The third-order valence-electron chi connectivity index (χ3n) is 9.68. The van der Waals surface area contributed by atoms with Gasteiger partial charge in [-0.3, -0.25) is 14.4 Å². The molecule has 3 aliphatic rings. The van der Waals surface area contributed by atoms with Crippen LogP contribution < -0.4 is 9.64 Å². The fourth-order valence-corrected chi connectivity index (χ4v) is 9.90. The van der Waals surface area contributed by atoms with Crippen molar-refractivity contribution >= 4 is 35.2 Å². The van der Waals surface area contributed by atoms with Crippen molar-refractivity contribution in [1.29, 1.82) is 0 Å². The number of hydrogen-bond acceptors (Lipinski definition) is 6. The van der Waals surface area contributed by atoms with Gasteiger partial charge in [-0.25, -0.2) is 0 Å². The van der Waals surface area contributed by atoms with Gasteiger partial charge < -0.3 is 24.5 Å². The summed E-state index contributed by atoms with van der Waals surface area (Å²) in [5, 5.41) is 10.7. The van der Waals surface area contributed by atoms with Gasteiger partial charge in [0.25, 0.3) is 0 Å². The van der Waals surface area contributed by atoms with Crippen LogP contribution in [0.25, 0.3) is 0 Å². The third kappa shape index (κ3) is 6.11. The molecule has 6 atom stereocenters. The normalized spacial score (nSPS) is 25.2. The SMILES string of the molecule is C=CCN(CCCCC)C(=O)C1N([C@H](CO)c2ccccc2)C(=O)[C@@H]2[C@@H](C(=O)N(CC=C)c3ccc(OCC)cc3)[C@H]3CCC12S3. The Labute approximate surface area is 277 Å². The van der Waals surface area contributed by atoms with Crippen molar-refractivity contribution in [2.24, 2.45) is 11.8 Å². The maximum absolute atomic E-state index is 14.9. The fraction of sp³-hybridized carbons (Fsp3) is 0.486. The number of anilines is 1. The first kappa shape index (κ1) is 33.8. The summed E-state index contributed by atoms with van der Waals surface area (Å²) < 4.78 is 4.84. The first-order valence-corrected chi connectivity index (χ1v) is 17.4. The molecular weight excluding hydrogens is 598 g/mol. The molecule has 46 heavy (non-hydrogen) atoms. The molecule has 2 bridgehead atoms. The predicted octanol–water partition coefficient (Wildman–Crippen LogP) is 5.63. The third-order valence-corrected chi connectivity index (χ3v) is 11.6. The van der Waals surface area contributed by atoms with Crippen molar-refractivity contribution in [2.75, 3.05) is 37.7 Å². The number of amides is 3. The number of hydrogen-bond donors (Lipinski definition) is 1. The van der Waals surface area contributed by atoms with Crippen LogP contribution in [-0.2, 0) is 14.4 Å². The van der Waals surface area contributed by atoms with Crippen LogP contribution in [0.4, 0.5) is 5.69 Å². The van der Waals surface area contributed by atoms with Gasteiger partial charge in [0.15, 0.2) is 0 Å². The van der Waals surface area contributed by atoms with Crippen molar-refractivity contribution in [3.05, 3.63) is 85.5 Å².